The third kappa shape index (κ3) is 3.31. The van der Waals surface area contributed by atoms with E-state index in [1.807, 2.05) is 0 Å². The Labute approximate surface area is 106 Å². The Balaban J connectivity index is 2.09. The van der Waals surface area contributed by atoms with Gasteiger partial charge in [-0.05, 0) is 29.8 Å². The van der Waals surface area contributed by atoms with E-state index in [2.05, 4.69) is 10.5 Å². The Kier molecular flexibility index (Phi) is 3.79. The first-order valence-electron chi connectivity index (χ1n) is 5.25. The maximum Gasteiger partial charge on any atom is 0.159 e. The van der Waals surface area contributed by atoms with Gasteiger partial charge in [0.2, 0.25) is 0 Å². The van der Waals surface area contributed by atoms with Crippen LogP contribution in [0.1, 0.15) is 5.56 Å². The number of halogens is 4. The first-order chi connectivity index (χ1) is 9.06. The summed E-state index contributed by atoms with van der Waals surface area (Å²) >= 11 is 0. The van der Waals surface area contributed by atoms with Crippen LogP contribution >= 0.6 is 0 Å². The minimum atomic E-state index is -1.00. The zero-order valence-corrected chi connectivity index (χ0v) is 9.50. The van der Waals surface area contributed by atoms with Gasteiger partial charge in [-0.1, -0.05) is 6.07 Å². The van der Waals surface area contributed by atoms with Crippen molar-refractivity contribution in [3.05, 3.63) is 65.2 Å². The maximum atomic E-state index is 13.2. The highest BCUT2D eigenvalue weighted by atomic mass is 19.2. The first kappa shape index (κ1) is 13.1. The highest BCUT2D eigenvalue weighted by Gasteiger charge is 2.02. The Bertz CT molecular complexity index is 626. The van der Waals surface area contributed by atoms with E-state index in [4.69, 9.17) is 0 Å². The fourth-order valence-corrected chi connectivity index (χ4v) is 1.35. The zero-order chi connectivity index (χ0) is 13.8. The highest BCUT2D eigenvalue weighted by Crippen LogP contribution is 2.14. The van der Waals surface area contributed by atoms with E-state index in [1.54, 1.807) is 0 Å². The Morgan fingerprint density at radius 1 is 0.842 bits per heavy atom. The average Bonchev–Trinajstić information content (AvgIpc) is 2.36. The molecular formula is C13H8F4N2. The molecule has 0 radical (unpaired) electrons. The number of nitrogens with one attached hydrogen (secondary N) is 1. The van der Waals surface area contributed by atoms with E-state index >= 15 is 0 Å². The van der Waals surface area contributed by atoms with Crippen LogP contribution in [-0.2, 0) is 0 Å². The molecule has 0 heterocycles. The van der Waals surface area contributed by atoms with Gasteiger partial charge in [0.15, 0.2) is 17.5 Å². The first-order valence-corrected chi connectivity index (χ1v) is 5.25. The number of hydrogen-bond acceptors (Lipinski definition) is 2. The minimum Gasteiger partial charge on any atom is -0.276 e. The van der Waals surface area contributed by atoms with Crippen molar-refractivity contribution < 1.29 is 17.6 Å². The second-order valence-electron chi connectivity index (χ2n) is 3.67. The molecule has 0 saturated heterocycles. The monoisotopic (exact) mass is 268 g/mol. The normalized spacial score (nSPS) is 10.9. The van der Waals surface area contributed by atoms with Crippen LogP contribution in [0.3, 0.4) is 0 Å². The van der Waals surface area contributed by atoms with Gasteiger partial charge in [0.25, 0.3) is 0 Å². The van der Waals surface area contributed by atoms with Crippen molar-refractivity contribution in [2.24, 2.45) is 5.10 Å². The summed E-state index contributed by atoms with van der Waals surface area (Å²) in [5.74, 6) is -3.47. The lowest BCUT2D eigenvalue weighted by Crippen LogP contribution is -1.95. The van der Waals surface area contributed by atoms with Crippen LogP contribution in [0.25, 0.3) is 0 Å². The molecule has 2 aromatic rings. The molecule has 0 aliphatic rings. The summed E-state index contributed by atoms with van der Waals surface area (Å²) in [6.07, 6.45) is 1.19. The van der Waals surface area contributed by atoms with Crippen molar-refractivity contribution in [2.45, 2.75) is 0 Å². The molecule has 0 fully saturated rings. The summed E-state index contributed by atoms with van der Waals surface area (Å²) in [7, 11) is 0. The van der Waals surface area contributed by atoms with Gasteiger partial charge in [-0.25, -0.2) is 17.6 Å². The van der Waals surface area contributed by atoms with Crippen LogP contribution < -0.4 is 5.43 Å². The standard InChI is InChI=1S/C13H8F4N2/c14-9-2-4-13(12(17)6-9)19-18-7-8-1-3-10(15)11(16)5-8/h1-7,19H. The van der Waals surface area contributed by atoms with Crippen molar-refractivity contribution in [1.82, 2.24) is 0 Å². The molecule has 0 amide bonds. The van der Waals surface area contributed by atoms with Crippen LogP contribution in [0.4, 0.5) is 23.2 Å². The van der Waals surface area contributed by atoms with E-state index in [0.717, 1.165) is 18.2 Å². The number of hydrazone groups is 1. The van der Waals surface area contributed by atoms with Crippen molar-refractivity contribution in [2.75, 3.05) is 5.43 Å². The zero-order valence-electron chi connectivity index (χ0n) is 9.50. The SMILES string of the molecule is Fc1ccc(NN=Cc2ccc(F)c(F)c2)c(F)c1. The predicted octanol–water partition coefficient (Wildman–Crippen LogP) is 3.69. The molecule has 0 saturated carbocycles. The molecule has 98 valence electrons. The molecule has 0 bridgehead atoms. The molecule has 0 aliphatic carbocycles. The smallest absolute Gasteiger partial charge is 0.159 e. The van der Waals surface area contributed by atoms with Gasteiger partial charge in [0.05, 0.1) is 11.9 Å². The van der Waals surface area contributed by atoms with Crippen molar-refractivity contribution >= 4 is 11.9 Å². The summed E-state index contributed by atoms with van der Waals surface area (Å²) in [6.45, 7) is 0. The van der Waals surface area contributed by atoms with E-state index in [9.17, 15) is 17.6 Å². The molecule has 0 spiro atoms. The van der Waals surface area contributed by atoms with Gasteiger partial charge in [-0.3, -0.25) is 5.43 Å². The molecule has 0 atom stereocenters. The predicted molar refractivity (Wildman–Crippen MR) is 63.9 cm³/mol. The molecule has 1 N–H and O–H groups in total. The largest absolute Gasteiger partial charge is 0.276 e. The lowest BCUT2D eigenvalue weighted by atomic mass is 10.2. The Hall–Kier alpha value is -2.37. The fraction of sp³-hybridized carbons (Fsp3) is 0. The number of anilines is 1. The second-order valence-corrected chi connectivity index (χ2v) is 3.67. The molecular weight excluding hydrogens is 260 g/mol. The van der Waals surface area contributed by atoms with Gasteiger partial charge in [-0.15, -0.1) is 0 Å². The van der Waals surface area contributed by atoms with Crippen LogP contribution in [0.15, 0.2) is 41.5 Å². The summed E-state index contributed by atoms with van der Waals surface area (Å²) in [4.78, 5) is 0. The van der Waals surface area contributed by atoms with Crippen LogP contribution in [0.5, 0.6) is 0 Å². The van der Waals surface area contributed by atoms with Gasteiger partial charge in [-0.2, -0.15) is 5.10 Å². The molecule has 0 aromatic heterocycles. The fourth-order valence-electron chi connectivity index (χ4n) is 1.35. The number of nitrogens with zero attached hydrogens (tertiary/aromatic N) is 1. The lowest BCUT2D eigenvalue weighted by molar-refractivity contribution is 0.508. The van der Waals surface area contributed by atoms with Crippen LogP contribution in [0.2, 0.25) is 0 Å². The molecule has 6 heteroatoms. The van der Waals surface area contributed by atoms with Crippen molar-refractivity contribution in [3.63, 3.8) is 0 Å². The van der Waals surface area contributed by atoms with Crippen LogP contribution in [-0.4, -0.2) is 6.21 Å². The second kappa shape index (κ2) is 5.51. The average molecular weight is 268 g/mol. The quantitative estimate of drug-likeness (QED) is 0.512. The van der Waals surface area contributed by atoms with Crippen molar-refractivity contribution in [1.29, 1.82) is 0 Å². The lowest BCUT2D eigenvalue weighted by Gasteiger charge is -2.01. The van der Waals surface area contributed by atoms with Crippen LogP contribution in [0, 0.1) is 23.3 Å². The summed E-state index contributed by atoms with van der Waals surface area (Å²) < 4.78 is 51.4. The Morgan fingerprint density at radius 3 is 2.32 bits per heavy atom. The molecule has 2 aromatic carbocycles. The third-order valence-corrected chi connectivity index (χ3v) is 2.27. The highest BCUT2D eigenvalue weighted by molar-refractivity contribution is 5.80. The molecule has 2 rings (SSSR count). The molecule has 0 aliphatic heterocycles. The van der Waals surface area contributed by atoms with Gasteiger partial charge < -0.3 is 0 Å². The van der Waals surface area contributed by atoms with Gasteiger partial charge in [0, 0.05) is 6.07 Å². The number of rotatable bonds is 3. The number of hydrogen-bond donors (Lipinski definition) is 1. The molecule has 2 nitrogen and oxygen atoms in total. The van der Waals surface area contributed by atoms with E-state index in [0.29, 0.717) is 11.6 Å². The summed E-state index contributed by atoms with van der Waals surface area (Å²) in [5.41, 5.74) is 2.61. The molecule has 19 heavy (non-hydrogen) atoms. The van der Waals surface area contributed by atoms with Gasteiger partial charge in [0.1, 0.15) is 5.82 Å². The van der Waals surface area contributed by atoms with Crippen molar-refractivity contribution in [3.8, 4) is 0 Å². The summed E-state index contributed by atoms with van der Waals surface area (Å²) in [5, 5.41) is 3.65. The Morgan fingerprint density at radius 2 is 1.63 bits per heavy atom. The van der Waals surface area contributed by atoms with Gasteiger partial charge >= 0.3 is 0 Å². The number of benzene rings is 2. The topological polar surface area (TPSA) is 24.4 Å². The van der Waals surface area contributed by atoms with E-state index < -0.39 is 23.3 Å². The summed E-state index contributed by atoms with van der Waals surface area (Å²) in [6, 6.07) is 6.16. The molecule has 0 unspecified atom stereocenters. The van der Waals surface area contributed by atoms with E-state index in [-0.39, 0.29) is 5.69 Å². The maximum absolute atomic E-state index is 13.2. The van der Waals surface area contributed by atoms with E-state index in [1.165, 1.54) is 18.3 Å². The minimum absolute atomic E-state index is 0.0276. The third-order valence-electron chi connectivity index (χ3n) is 2.27.